The third-order valence-electron chi connectivity index (χ3n) is 2.48. The highest BCUT2D eigenvalue weighted by atomic mass is 15.0. The van der Waals surface area contributed by atoms with Crippen molar-refractivity contribution in [3.63, 3.8) is 0 Å². The summed E-state index contributed by atoms with van der Waals surface area (Å²) in [5.41, 5.74) is 0. The fraction of sp³-hybridized carbons (Fsp3) is 0.875. The average molecular weight is 124 g/mol. The van der Waals surface area contributed by atoms with Gasteiger partial charge in [-0.1, -0.05) is 6.42 Å². The van der Waals surface area contributed by atoms with Gasteiger partial charge in [0.25, 0.3) is 0 Å². The molecule has 2 bridgehead atoms. The zero-order valence-corrected chi connectivity index (χ0v) is 5.77. The van der Waals surface area contributed by atoms with Gasteiger partial charge in [-0.15, -0.1) is 0 Å². The molecule has 0 aromatic heterocycles. The smallest absolute Gasteiger partial charge is 0.00724 e. The number of rotatable bonds is 0. The summed E-state index contributed by atoms with van der Waals surface area (Å²) in [4.78, 5) is 0. The second-order valence-corrected chi connectivity index (χ2v) is 3.25. The van der Waals surface area contributed by atoms with Gasteiger partial charge in [-0.3, -0.25) is 0 Å². The fourth-order valence-electron chi connectivity index (χ4n) is 1.98. The van der Waals surface area contributed by atoms with E-state index in [0.29, 0.717) is 0 Å². The molecule has 0 saturated carbocycles. The van der Waals surface area contributed by atoms with Gasteiger partial charge in [0.15, 0.2) is 0 Å². The third-order valence-corrected chi connectivity index (χ3v) is 2.48. The Bertz CT molecular complexity index is 80.7. The molecule has 2 aliphatic rings. The lowest BCUT2D eigenvalue weighted by Gasteiger charge is -2.35. The van der Waals surface area contributed by atoms with E-state index in [9.17, 15) is 0 Å². The van der Waals surface area contributed by atoms with Crippen molar-refractivity contribution < 1.29 is 0 Å². The van der Waals surface area contributed by atoms with Crippen LogP contribution in [0.2, 0.25) is 0 Å². The number of hydrogen-bond donors (Lipinski definition) is 1. The minimum absolute atomic E-state index is 0.845. The van der Waals surface area contributed by atoms with E-state index in [1.165, 1.54) is 32.1 Å². The summed E-state index contributed by atoms with van der Waals surface area (Å²) in [5, 5.41) is 3.62. The van der Waals surface area contributed by atoms with Crippen LogP contribution in [0.15, 0.2) is 0 Å². The molecule has 0 spiro atoms. The predicted octanol–water partition coefficient (Wildman–Crippen LogP) is 1.50. The molecule has 2 atom stereocenters. The Balaban J connectivity index is 1.96. The molecule has 2 rings (SSSR count). The van der Waals surface area contributed by atoms with Crippen LogP contribution in [0.5, 0.6) is 0 Å². The molecule has 2 saturated heterocycles. The summed E-state index contributed by atoms with van der Waals surface area (Å²) >= 11 is 0. The standard InChI is InChI=1S/C8H14N/c1-3-7-5-2-6-8(4-1)9-7/h1,7-9H,2-6H2/t7-,8+. The van der Waals surface area contributed by atoms with Gasteiger partial charge in [0.1, 0.15) is 0 Å². The first kappa shape index (κ1) is 5.72. The maximum absolute atomic E-state index is 3.62. The SMILES string of the molecule is [CH]1C[C@@H]2CCC[C@H](C1)N2. The molecule has 1 radical (unpaired) electrons. The highest BCUT2D eigenvalue weighted by Gasteiger charge is 2.24. The van der Waals surface area contributed by atoms with Gasteiger partial charge in [0, 0.05) is 12.1 Å². The summed E-state index contributed by atoms with van der Waals surface area (Å²) in [7, 11) is 0. The lowest BCUT2D eigenvalue weighted by molar-refractivity contribution is 0.279. The molecule has 2 heterocycles. The van der Waals surface area contributed by atoms with Crippen molar-refractivity contribution in [3.05, 3.63) is 6.42 Å². The van der Waals surface area contributed by atoms with Crippen LogP contribution in [0.25, 0.3) is 0 Å². The van der Waals surface area contributed by atoms with Crippen molar-refractivity contribution >= 4 is 0 Å². The first-order valence-corrected chi connectivity index (χ1v) is 4.03. The van der Waals surface area contributed by atoms with Crippen LogP contribution in [-0.2, 0) is 0 Å². The largest absolute Gasteiger partial charge is 0.311 e. The minimum atomic E-state index is 0.845. The van der Waals surface area contributed by atoms with E-state index in [2.05, 4.69) is 11.7 Å². The quantitative estimate of drug-likeness (QED) is 0.516. The lowest BCUT2D eigenvalue weighted by Crippen LogP contribution is -2.45. The highest BCUT2D eigenvalue weighted by molar-refractivity contribution is 4.92. The second-order valence-electron chi connectivity index (χ2n) is 3.25. The van der Waals surface area contributed by atoms with E-state index in [1.807, 2.05) is 0 Å². The summed E-state index contributed by atoms with van der Waals surface area (Å²) in [6.07, 6.45) is 9.36. The molecule has 1 N–H and O–H groups in total. The third kappa shape index (κ3) is 1.11. The summed E-state index contributed by atoms with van der Waals surface area (Å²) < 4.78 is 0. The number of piperidine rings is 2. The monoisotopic (exact) mass is 124 g/mol. The molecule has 0 aromatic carbocycles. The van der Waals surface area contributed by atoms with Gasteiger partial charge < -0.3 is 5.32 Å². The van der Waals surface area contributed by atoms with Crippen LogP contribution in [0, 0.1) is 6.42 Å². The van der Waals surface area contributed by atoms with Crippen molar-refractivity contribution in [2.75, 3.05) is 0 Å². The summed E-state index contributed by atoms with van der Waals surface area (Å²) in [6.45, 7) is 0. The topological polar surface area (TPSA) is 12.0 Å². The number of nitrogens with one attached hydrogen (secondary N) is 1. The van der Waals surface area contributed by atoms with Crippen LogP contribution in [-0.4, -0.2) is 12.1 Å². The van der Waals surface area contributed by atoms with Crippen molar-refractivity contribution in [2.24, 2.45) is 0 Å². The van der Waals surface area contributed by atoms with E-state index < -0.39 is 0 Å². The maximum Gasteiger partial charge on any atom is 0.00724 e. The molecule has 2 aliphatic heterocycles. The van der Waals surface area contributed by atoms with Gasteiger partial charge in [-0.05, 0) is 32.1 Å². The Labute approximate surface area is 56.8 Å². The molecule has 2 fully saturated rings. The molecular weight excluding hydrogens is 110 g/mol. The minimum Gasteiger partial charge on any atom is -0.311 e. The highest BCUT2D eigenvalue weighted by Crippen LogP contribution is 2.24. The molecule has 0 aliphatic carbocycles. The zero-order valence-electron chi connectivity index (χ0n) is 5.77. The van der Waals surface area contributed by atoms with E-state index in [0.717, 1.165) is 12.1 Å². The van der Waals surface area contributed by atoms with E-state index in [4.69, 9.17) is 0 Å². The zero-order chi connectivity index (χ0) is 6.10. The Morgan fingerprint density at radius 2 is 1.78 bits per heavy atom. The van der Waals surface area contributed by atoms with Crippen molar-refractivity contribution in [1.29, 1.82) is 0 Å². The van der Waals surface area contributed by atoms with Gasteiger partial charge in [-0.2, -0.15) is 0 Å². The normalized spacial score (nSPS) is 42.7. The Morgan fingerprint density at radius 3 is 2.33 bits per heavy atom. The first-order chi connectivity index (χ1) is 4.45. The fourth-order valence-corrected chi connectivity index (χ4v) is 1.98. The summed E-state index contributed by atoms with van der Waals surface area (Å²) in [6, 6.07) is 1.69. The molecule has 1 heteroatoms. The Morgan fingerprint density at radius 1 is 1.11 bits per heavy atom. The van der Waals surface area contributed by atoms with Crippen LogP contribution in [0.3, 0.4) is 0 Å². The summed E-state index contributed by atoms with van der Waals surface area (Å²) in [5.74, 6) is 0. The van der Waals surface area contributed by atoms with Gasteiger partial charge in [0.05, 0.1) is 0 Å². The Kier molecular flexibility index (Phi) is 1.46. The number of hydrogen-bond acceptors (Lipinski definition) is 1. The predicted molar refractivity (Wildman–Crippen MR) is 38.1 cm³/mol. The lowest BCUT2D eigenvalue weighted by atomic mass is 9.87. The van der Waals surface area contributed by atoms with E-state index in [-0.39, 0.29) is 0 Å². The Hall–Kier alpha value is -0.0400. The van der Waals surface area contributed by atoms with Crippen molar-refractivity contribution in [2.45, 2.75) is 44.2 Å². The molecule has 51 valence electrons. The van der Waals surface area contributed by atoms with Gasteiger partial charge in [0.2, 0.25) is 0 Å². The van der Waals surface area contributed by atoms with Crippen LogP contribution < -0.4 is 5.32 Å². The molecule has 1 nitrogen and oxygen atoms in total. The van der Waals surface area contributed by atoms with E-state index in [1.54, 1.807) is 0 Å². The number of fused-ring (bicyclic) bond motifs is 2. The van der Waals surface area contributed by atoms with E-state index >= 15 is 0 Å². The van der Waals surface area contributed by atoms with Crippen LogP contribution in [0.4, 0.5) is 0 Å². The molecular formula is C8H14N. The van der Waals surface area contributed by atoms with Gasteiger partial charge >= 0.3 is 0 Å². The second kappa shape index (κ2) is 2.30. The van der Waals surface area contributed by atoms with Gasteiger partial charge in [-0.25, -0.2) is 0 Å². The first-order valence-electron chi connectivity index (χ1n) is 4.03. The molecule has 0 aromatic rings. The van der Waals surface area contributed by atoms with Crippen molar-refractivity contribution in [3.8, 4) is 0 Å². The molecule has 0 unspecified atom stereocenters. The molecule has 0 amide bonds. The van der Waals surface area contributed by atoms with Crippen LogP contribution in [0.1, 0.15) is 32.1 Å². The maximum atomic E-state index is 3.62. The van der Waals surface area contributed by atoms with Crippen molar-refractivity contribution in [1.82, 2.24) is 5.32 Å². The molecule has 9 heavy (non-hydrogen) atoms. The van der Waals surface area contributed by atoms with Crippen LogP contribution >= 0.6 is 0 Å². The average Bonchev–Trinajstić information content (AvgIpc) is 1.88.